The molecular weight excluding hydrogens is 448 g/mol. The minimum atomic E-state index is -0.823. The third-order valence-corrected chi connectivity index (χ3v) is 6.21. The van der Waals surface area contributed by atoms with Crippen LogP contribution in [0.5, 0.6) is 17.2 Å². The van der Waals surface area contributed by atoms with Gasteiger partial charge in [-0.3, -0.25) is 9.59 Å². The number of phenols is 1. The van der Waals surface area contributed by atoms with Crippen molar-refractivity contribution < 1.29 is 29.3 Å². The van der Waals surface area contributed by atoms with Crippen molar-refractivity contribution in [2.45, 2.75) is 33.2 Å². The molecule has 0 bridgehead atoms. The first-order valence-corrected chi connectivity index (χ1v) is 12.0. The van der Waals surface area contributed by atoms with E-state index in [9.17, 15) is 19.8 Å². The van der Waals surface area contributed by atoms with E-state index in [0.29, 0.717) is 36.6 Å². The Morgan fingerprint density at radius 3 is 2.34 bits per heavy atom. The number of aromatic hydroxyl groups is 1. The summed E-state index contributed by atoms with van der Waals surface area (Å²) in [6, 6.07) is 10.6. The van der Waals surface area contributed by atoms with Crippen molar-refractivity contribution in [2.24, 2.45) is 0 Å². The molecule has 2 aromatic rings. The number of hydrogen-bond donors (Lipinski definition) is 2. The minimum Gasteiger partial charge on any atom is -0.507 e. The Balaban J connectivity index is 2.08. The van der Waals surface area contributed by atoms with Crippen LogP contribution in [0.3, 0.4) is 0 Å². The highest BCUT2D eigenvalue weighted by Crippen LogP contribution is 2.41. The summed E-state index contributed by atoms with van der Waals surface area (Å²) in [6.45, 7) is 9.16. The van der Waals surface area contributed by atoms with E-state index in [1.165, 1.54) is 18.1 Å². The van der Waals surface area contributed by atoms with Crippen LogP contribution in [-0.4, -0.2) is 71.6 Å². The molecule has 0 aliphatic carbocycles. The first kappa shape index (κ1) is 26.1. The van der Waals surface area contributed by atoms with Crippen molar-refractivity contribution >= 4 is 17.4 Å². The Morgan fingerprint density at radius 2 is 1.74 bits per heavy atom. The van der Waals surface area contributed by atoms with Gasteiger partial charge in [-0.25, -0.2) is 0 Å². The summed E-state index contributed by atoms with van der Waals surface area (Å²) in [6.07, 6.45) is 0.870. The van der Waals surface area contributed by atoms with Gasteiger partial charge in [0.15, 0.2) is 11.5 Å². The van der Waals surface area contributed by atoms with Crippen LogP contribution < -0.4 is 9.47 Å². The number of Topliss-reactive ketones (excluding diaryl/α,β-unsaturated/α-hetero) is 1. The van der Waals surface area contributed by atoms with Crippen LogP contribution in [0, 0.1) is 0 Å². The van der Waals surface area contributed by atoms with Gasteiger partial charge in [-0.1, -0.05) is 26.8 Å². The van der Waals surface area contributed by atoms with Gasteiger partial charge in [-0.05, 0) is 61.5 Å². The fourth-order valence-corrected chi connectivity index (χ4v) is 4.19. The van der Waals surface area contributed by atoms with E-state index in [-0.39, 0.29) is 22.8 Å². The van der Waals surface area contributed by atoms with Crippen molar-refractivity contribution in [3.63, 3.8) is 0 Å². The summed E-state index contributed by atoms with van der Waals surface area (Å²) in [5.41, 5.74) is 0.971. The van der Waals surface area contributed by atoms with Gasteiger partial charge in [-0.15, -0.1) is 0 Å². The van der Waals surface area contributed by atoms with E-state index < -0.39 is 17.7 Å². The number of ether oxygens (including phenoxy) is 2. The molecule has 2 N–H and O–H groups in total. The van der Waals surface area contributed by atoms with Crippen molar-refractivity contribution in [2.75, 3.05) is 39.9 Å². The van der Waals surface area contributed by atoms with E-state index in [0.717, 1.165) is 19.5 Å². The van der Waals surface area contributed by atoms with Gasteiger partial charge < -0.3 is 29.5 Å². The third kappa shape index (κ3) is 5.59. The lowest BCUT2D eigenvalue weighted by Crippen LogP contribution is -2.38. The van der Waals surface area contributed by atoms with Crippen LogP contribution in [0.25, 0.3) is 5.76 Å². The number of carbonyl (C=O) groups is 2. The van der Waals surface area contributed by atoms with Crippen LogP contribution in [0.1, 0.15) is 44.4 Å². The molecule has 1 aliphatic heterocycles. The Morgan fingerprint density at radius 1 is 1.06 bits per heavy atom. The third-order valence-electron chi connectivity index (χ3n) is 6.21. The first-order chi connectivity index (χ1) is 16.9. The van der Waals surface area contributed by atoms with Crippen molar-refractivity contribution in [1.29, 1.82) is 0 Å². The first-order valence-electron chi connectivity index (χ1n) is 12.0. The van der Waals surface area contributed by atoms with Crippen molar-refractivity contribution in [3.05, 3.63) is 59.2 Å². The summed E-state index contributed by atoms with van der Waals surface area (Å²) in [5.74, 6) is -0.854. The molecule has 0 saturated carbocycles. The second kappa shape index (κ2) is 11.8. The second-order valence-corrected chi connectivity index (χ2v) is 8.32. The summed E-state index contributed by atoms with van der Waals surface area (Å²) < 4.78 is 10.9. The van der Waals surface area contributed by atoms with E-state index in [1.54, 1.807) is 36.4 Å². The minimum absolute atomic E-state index is 0.00418. The molecule has 1 amide bonds. The molecule has 0 aromatic heterocycles. The number of nitrogens with zero attached hydrogens (tertiary/aromatic N) is 2. The van der Waals surface area contributed by atoms with Crippen molar-refractivity contribution in [1.82, 2.24) is 9.80 Å². The Kier molecular flexibility index (Phi) is 8.76. The number of aliphatic hydroxyl groups excluding tert-OH is 1. The topological polar surface area (TPSA) is 99.5 Å². The SMILES string of the molecule is CCCOc1ccc(C(O)=C2C(=O)C(=O)N(CCN(CC)CC)[C@@H]2c2ccc(O)c(OC)c2)cc1. The van der Waals surface area contributed by atoms with Crippen LogP contribution in [-0.2, 0) is 9.59 Å². The molecule has 1 saturated heterocycles. The molecule has 8 heteroatoms. The molecular formula is C27H34N2O6. The molecule has 0 radical (unpaired) electrons. The zero-order valence-corrected chi connectivity index (χ0v) is 20.8. The number of benzene rings is 2. The molecule has 35 heavy (non-hydrogen) atoms. The average molecular weight is 483 g/mol. The van der Waals surface area contributed by atoms with E-state index in [2.05, 4.69) is 4.90 Å². The Labute approximate surface area is 206 Å². The fraction of sp³-hybridized carbons (Fsp3) is 0.407. The number of carbonyl (C=O) groups excluding carboxylic acids is 2. The molecule has 8 nitrogen and oxygen atoms in total. The largest absolute Gasteiger partial charge is 0.507 e. The quantitative estimate of drug-likeness (QED) is 0.284. The van der Waals surface area contributed by atoms with Crippen molar-refractivity contribution in [3.8, 4) is 17.2 Å². The number of aliphatic hydroxyl groups is 1. The summed E-state index contributed by atoms with van der Waals surface area (Å²) >= 11 is 0. The zero-order valence-electron chi connectivity index (χ0n) is 20.8. The normalized spacial score (nSPS) is 17.3. The maximum Gasteiger partial charge on any atom is 0.295 e. The lowest BCUT2D eigenvalue weighted by atomic mass is 9.95. The van der Waals surface area contributed by atoms with Gasteiger partial charge in [-0.2, -0.15) is 0 Å². The standard InChI is InChI=1S/C27H34N2O6/c1-5-16-35-20-11-8-18(9-12-20)25(31)23-24(19-10-13-21(30)22(17-19)34-4)29(27(33)26(23)32)15-14-28(6-2)7-3/h8-13,17,24,30-31H,5-7,14-16H2,1-4H3/t24-/m1/s1. The molecule has 188 valence electrons. The number of hydrogen-bond acceptors (Lipinski definition) is 7. The summed E-state index contributed by atoms with van der Waals surface area (Å²) in [7, 11) is 1.43. The van der Waals surface area contributed by atoms with Gasteiger partial charge in [0, 0.05) is 18.7 Å². The molecule has 1 atom stereocenters. The highest BCUT2D eigenvalue weighted by Gasteiger charge is 2.46. The Hall–Kier alpha value is -3.52. The molecule has 1 fully saturated rings. The predicted molar refractivity (Wildman–Crippen MR) is 134 cm³/mol. The lowest BCUT2D eigenvalue weighted by Gasteiger charge is -2.28. The van der Waals surface area contributed by atoms with Crippen LogP contribution in [0.15, 0.2) is 48.0 Å². The number of amides is 1. The lowest BCUT2D eigenvalue weighted by molar-refractivity contribution is -0.140. The number of likely N-dealkylation sites (N-methyl/N-ethyl adjacent to an activating group) is 1. The highest BCUT2D eigenvalue weighted by atomic mass is 16.5. The number of rotatable bonds is 11. The van der Waals surface area contributed by atoms with E-state index >= 15 is 0 Å². The molecule has 3 rings (SSSR count). The van der Waals surface area contributed by atoms with Crippen LogP contribution >= 0.6 is 0 Å². The molecule has 0 spiro atoms. The highest BCUT2D eigenvalue weighted by molar-refractivity contribution is 6.46. The van der Waals surface area contributed by atoms with Crippen LogP contribution in [0.2, 0.25) is 0 Å². The smallest absolute Gasteiger partial charge is 0.295 e. The summed E-state index contributed by atoms with van der Waals surface area (Å²) in [4.78, 5) is 30.0. The van der Waals surface area contributed by atoms with Gasteiger partial charge >= 0.3 is 0 Å². The maximum atomic E-state index is 13.2. The molecule has 0 unspecified atom stereocenters. The van der Waals surface area contributed by atoms with E-state index in [4.69, 9.17) is 9.47 Å². The Bertz CT molecular complexity index is 1080. The van der Waals surface area contributed by atoms with Gasteiger partial charge in [0.2, 0.25) is 0 Å². The number of likely N-dealkylation sites (tertiary alicyclic amines) is 1. The molecule has 2 aromatic carbocycles. The fourth-order valence-electron chi connectivity index (χ4n) is 4.19. The van der Waals surface area contributed by atoms with Gasteiger partial charge in [0.25, 0.3) is 11.7 Å². The maximum absolute atomic E-state index is 13.2. The zero-order chi connectivity index (χ0) is 25.5. The predicted octanol–water partition coefficient (Wildman–Crippen LogP) is 3.95. The van der Waals surface area contributed by atoms with Gasteiger partial charge in [0.1, 0.15) is 11.5 Å². The second-order valence-electron chi connectivity index (χ2n) is 8.32. The molecule has 1 aliphatic rings. The number of methoxy groups -OCH3 is 1. The summed E-state index contributed by atoms with van der Waals surface area (Å²) in [5, 5.41) is 21.3. The van der Waals surface area contributed by atoms with E-state index in [1.807, 2.05) is 20.8 Å². The molecule has 1 heterocycles. The van der Waals surface area contributed by atoms with Crippen LogP contribution in [0.4, 0.5) is 0 Å². The van der Waals surface area contributed by atoms with Gasteiger partial charge in [0.05, 0.1) is 25.3 Å². The number of phenolic OH excluding ortho intramolecular Hbond substituents is 1. The number of ketones is 1. The average Bonchev–Trinajstić information content (AvgIpc) is 3.13. The monoisotopic (exact) mass is 482 g/mol.